The van der Waals surface area contributed by atoms with Gasteiger partial charge in [-0.05, 0) is 25.4 Å². The molecule has 2 heterocycles. The lowest BCUT2D eigenvalue weighted by molar-refractivity contribution is -0.00461. The third kappa shape index (κ3) is 2.93. The molecule has 1 aromatic rings. The van der Waals surface area contributed by atoms with Gasteiger partial charge in [0.05, 0.1) is 6.10 Å². The Morgan fingerprint density at radius 3 is 2.32 bits per heavy atom. The van der Waals surface area contributed by atoms with Gasteiger partial charge in [-0.3, -0.25) is 0 Å². The largest absolute Gasteiger partial charge is 0.484 e. The van der Waals surface area contributed by atoms with E-state index in [-0.39, 0.29) is 18.3 Å². The fraction of sp³-hybridized carbons (Fsp3) is 0.750. The third-order valence-electron chi connectivity index (χ3n) is 3.12. The van der Waals surface area contributed by atoms with Gasteiger partial charge >= 0.3 is 0 Å². The summed E-state index contributed by atoms with van der Waals surface area (Å²) in [6, 6.07) is 0. The van der Waals surface area contributed by atoms with E-state index >= 15 is 0 Å². The van der Waals surface area contributed by atoms with E-state index in [1.165, 1.54) is 11.5 Å². The molecule has 2 unspecified atom stereocenters. The minimum Gasteiger partial charge on any atom is -0.484 e. The number of ether oxygens (including phenoxy) is 3. The van der Waals surface area contributed by atoms with E-state index < -0.39 is 0 Å². The molecule has 1 aromatic heterocycles. The van der Waals surface area contributed by atoms with Gasteiger partial charge in [-0.2, -0.15) is 4.37 Å². The number of nitrogen functional groups attached to an aromatic ring is 1. The zero-order valence-electron chi connectivity index (χ0n) is 11.8. The third-order valence-corrected chi connectivity index (χ3v) is 4.02. The summed E-state index contributed by atoms with van der Waals surface area (Å²) < 4.78 is 20.8. The highest BCUT2D eigenvalue weighted by Gasteiger charge is 2.35. The van der Waals surface area contributed by atoms with Crippen LogP contribution in [0.25, 0.3) is 0 Å². The van der Waals surface area contributed by atoms with E-state index in [1.54, 1.807) is 14.2 Å². The highest BCUT2D eigenvalue weighted by atomic mass is 32.1. The van der Waals surface area contributed by atoms with Crippen molar-refractivity contribution in [2.24, 2.45) is 0 Å². The molecule has 19 heavy (non-hydrogen) atoms. The SMILES string of the molecule is COC1CN(c2snc(N)c2OC(C)C)CC1OC. The van der Waals surface area contributed by atoms with Crippen LogP contribution in [0.4, 0.5) is 10.8 Å². The maximum Gasteiger partial charge on any atom is 0.198 e. The van der Waals surface area contributed by atoms with Crippen molar-refractivity contribution in [3.63, 3.8) is 0 Å². The van der Waals surface area contributed by atoms with Gasteiger partial charge < -0.3 is 24.8 Å². The standard InChI is InChI=1S/C12H21N3O3S/c1-7(2)18-10-11(13)14-19-12(10)15-5-8(16-3)9(6-15)17-4/h7-9H,5-6H2,1-4H3,(H2,13,14). The average Bonchev–Trinajstić information content (AvgIpc) is 2.93. The Balaban J connectivity index is 2.19. The van der Waals surface area contributed by atoms with Gasteiger partial charge in [0.1, 0.15) is 12.2 Å². The first-order valence-corrected chi connectivity index (χ1v) is 7.06. The van der Waals surface area contributed by atoms with Crippen molar-refractivity contribution in [2.75, 3.05) is 37.9 Å². The zero-order valence-corrected chi connectivity index (χ0v) is 12.6. The van der Waals surface area contributed by atoms with Gasteiger partial charge in [-0.1, -0.05) is 0 Å². The van der Waals surface area contributed by atoms with E-state index in [0.29, 0.717) is 11.6 Å². The molecule has 0 aliphatic carbocycles. The molecular weight excluding hydrogens is 266 g/mol. The Morgan fingerprint density at radius 1 is 1.26 bits per heavy atom. The number of hydrogen-bond acceptors (Lipinski definition) is 7. The van der Waals surface area contributed by atoms with Gasteiger partial charge in [0.15, 0.2) is 16.6 Å². The van der Waals surface area contributed by atoms with E-state index in [2.05, 4.69) is 9.27 Å². The maximum absolute atomic E-state index is 5.88. The first-order chi connectivity index (χ1) is 9.06. The molecule has 2 atom stereocenters. The summed E-state index contributed by atoms with van der Waals surface area (Å²) in [5, 5.41) is 0.952. The molecule has 2 rings (SSSR count). The summed E-state index contributed by atoms with van der Waals surface area (Å²) in [5.41, 5.74) is 5.88. The quantitative estimate of drug-likeness (QED) is 0.882. The summed E-state index contributed by atoms with van der Waals surface area (Å²) in [6.07, 6.45) is 0.178. The molecule has 0 amide bonds. The van der Waals surface area contributed by atoms with Crippen LogP contribution in [0.15, 0.2) is 0 Å². The molecule has 2 N–H and O–H groups in total. The Hall–Kier alpha value is -1.05. The Morgan fingerprint density at radius 2 is 1.84 bits per heavy atom. The summed E-state index contributed by atoms with van der Waals surface area (Å²) in [5.74, 6) is 1.12. The number of nitrogens with zero attached hydrogens (tertiary/aromatic N) is 2. The molecule has 0 aromatic carbocycles. The Labute approximate surface area is 117 Å². The second-order valence-electron chi connectivity index (χ2n) is 4.82. The van der Waals surface area contributed by atoms with Crippen molar-refractivity contribution < 1.29 is 14.2 Å². The van der Waals surface area contributed by atoms with Crippen LogP contribution in [0, 0.1) is 0 Å². The lowest BCUT2D eigenvalue weighted by Crippen LogP contribution is -2.27. The van der Waals surface area contributed by atoms with Crippen LogP contribution in [0.2, 0.25) is 0 Å². The van der Waals surface area contributed by atoms with E-state index in [4.69, 9.17) is 19.9 Å². The number of anilines is 2. The fourth-order valence-electron chi connectivity index (χ4n) is 2.20. The number of methoxy groups -OCH3 is 2. The van der Waals surface area contributed by atoms with Crippen LogP contribution in [0.3, 0.4) is 0 Å². The minimum atomic E-state index is 0.0558. The summed E-state index contributed by atoms with van der Waals surface area (Å²) in [4.78, 5) is 2.16. The molecule has 7 heteroatoms. The lowest BCUT2D eigenvalue weighted by atomic mass is 10.3. The second kappa shape index (κ2) is 5.94. The minimum absolute atomic E-state index is 0.0558. The first kappa shape index (κ1) is 14.4. The summed E-state index contributed by atoms with van der Waals surface area (Å²) >= 11 is 1.36. The van der Waals surface area contributed by atoms with Crippen LogP contribution in [0.1, 0.15) is 13.8 Å². The predicted molar refractivity (Wildman–Crippen MR) is 76.1 cm³/mol. The van der Waals surface area contributed by atoms with Crippen molar-refractivity contribution >= 4 is 22.4 Å². The fourth-order valence-corrected chi connectivity index (χ4v) is 2.96. The van der Waals surface area contributed by atoms with Gasteiger partial charge in [0.25, 0.3) is 0 Å². The van der Waals surface area contributed by atoms with Crippen LogP contribution in [-0.4, -0.2) is 50.0 Å². The molecule has 0 spiro atoms. The van der Waals surface area contributed by atoms with Crippen LogP contribution < -0.4 is 15.4 Å². The van der Waals surface area contributed by atoms with Gasteiger partial charge in [0.2, 0.25) is 0 Å². The van der Waals surface area contributed by atoms with E-state index in [0.717, 1.165) is 18.1 Å². The molecule has 1 saturated heterocycles. The summed E-state index contributed by atoms with van der Waals surface area (Å²) in [7, 11) is 3.40. The highest BCUT2D eigenvalue weighted by Crippen LogP contribution is 2.40. The van der Waals surface area contributed by atoms with Gasteiger partial charge in [-0.25, -0.2) is 0 Å². The summed E-state index contributed by atoms with van der Waals surface area (Å²) in [6.45, 7) is 5.46. The highest BCUT2D eigenvalue weighted by molar-refractivity contribution is 7.11. The number of hydrogen-bond donors (Lipinski definition) is 1. The zero-order chi connectivity index (χ0) is 14.0. The van der Waals surface area contributed by atoms with Crippen molar-refractivity contribution in [2.45, 2.75) is 32.2 Å². The van der Waals surface area contributed by atoms with Crippen LogP contribution in [-0.2, 0) is 9.47 Å². The van der Waals surface area contributed by atoms with Crippen molar-refractivity contribution in [1.29, 1.82) is 0 Å². The molecule has 108 valence electrons. The molecule has 1 aliphatic heterocycles. The molecule has 0 radical (unpaired) electrons. The predicted octanol–water partition coefficient (Wildman–Crippen LogP) is 1.36. The molecular formula is C12H21N3O3S. The monoisotopic (exact) mass is 287 g/mol. The van der Waals surface area contributed by atoms with Crippen LogP contribution in [0.5, 0.6) is 5.75 Å². The van der Waals surface area contributed by atoms with E-state index in [9.17, 15) is 0 Å². The van der Waals surface area contributed by atoms with Crippen molar-refractivity contribution in [1.82, 2.24) is 4.37 Å². The number of nitrogens with two attached hydrogens (primary N) is 1. The van der Waals surface area contributed by atoms with Gasteiger partial charge in [-0.15, -0.1) is 0 Å². The van der Waals surface area contributed by atoms with Crippen molar-refractivity contribution in [3.05, 3.63) is 0 Å². The first-order valence-electron chi connectivity index (χ1n) is 6.29. The van der Waals surface area contributed by atoms with Crippen molar-refractivity contribution in [3.8, 4) is 5.75 Å². The smallest absolute Gasteiger partial charge is 0.198 e. The Bertz CT molecular complexity index is 412. The number of aromatic nitrogens is 1. The lowest BCUT2D eigenvalue weighted by Gasteiger charge is -2.18. The molecule has 1 aliphatic rings. The van der Waals surface area contributed by atoms with Crippen LogP contribution >= 0.6 is 11.5 Å². The molecule has 0 bridgehead atoms. The molecule has 0 saturated carbocycles. The second-order valence-corrected chi connectivity index (χ2v) is 5.57. The average molecular weight is 287 g/mol. The maximum atomic E-state index is 5.88. The Kier molecular flexibility index (Phi) is 4.49. The number of rotatable bonds is 5. The topological polar surface area (TPSA) is 69.8 Å². The van der Waals surface area contributed by atoms with Gasteiger partial charge in [0, 0.05) is 27.3 Å². The molecule has 6 nitrogen and oxygen atoms in total. The molecule has 1 fully saturated rings. The van der Waals surface area contributed by atoms with E-state index in [1.807, 2.05) is 13.8 Å². The normalized spacial score (nSPS) is 23.3.